The first-order valence-electron chi connectivity index (χ1n) is 6.87. The third-order valence-electron chi connectivity index (χ3n) is 3.34. The molecule has 19 heavy (non-hydrogen) atoms. The number of nitrogens with zero attached hydrogens (tertiary/aromatic N) is 1. The number of carbonyl (C=O) groups is 2. The molecule has 1 heterocycles. The molecular formula is C13H24N2O4. The van der Waals surface area contributed by atoms with E-state index in [-0.39, 0.29) is 12.5 Å². The molecule has 1 atom stereocenters. The highest BCUT2D eigenvalue weighted by atomic mass is 16.5. The third kappa shape index (κ3) is 6.02. The van der Waals surface area contributed by atoms with Crippen molar-refractivity contribution in [1.82, 2.24) is 10.2 Å². The minimum absolute atomic E-state index is 0.107. The Labute approximate surface area is 114 Å². The first-order chi connectivity index (χ1) is 9.15. The van der Waals surface area contributed by atoms with Gasteiger partial charge in [-0.25, -0.2) is 0 Å². The van der Waals surface area contributed by atoms with Crippen LogP contribution in [0.4, 0.5) is 0 Å². The van der Waals surface area contributed by atoms with Crippen molar-refractivity contribution in [2.45, 2.75) is 38.1 Å². The summed E-state index contributed by atoms with van der Waals surface area (Å²) in [6.45, 7) is 2.03. The van der Waals surface area contributed by atoms with Gasteiger partial charge in [-0.15, -0.1) is 0 Å². The number of ether oxygens (including phenoxy) is 1. The first-order valence-corrected chi connectivity index (χ1v) is 6.87. The van der Waals surface area contributed by atoms with Crippen LogP contribution in [0.25, 0.3) is 0 Å². The van der Waals surface area contributed by atoms with Gasteiger partial charge in [0.15, 0.2) is 0 Å². The molecule has 0 saturated carbocycles. The summed E-state index contributed by atoms with van der Waals surface area (Å²) in [4.78, 5) is 24.8. The zero-order valence-corrected chi connectivity index (χ0v) is 11.6. The zero-order valence-electron chi connectivity index (χ0n) is 11.6. The fourth-order valence-electron chi connectivity index (χ4n) is 2.32. The van der Waals surface area contributed by atoms with Gasteiger partial charge < -0.3 is 15.2 Å². The minimum atomic E-state index is -0.825. The summed E-state index contributed by atoms with van der Waals surface area (Å²) in [6, 6.07) is -0.521. The Kier molecular flexibility index (Phi) is 7.43. The fraction of sp³-hybridized carbons (Fsp3) is 0.846. The topological polar surface area (TPSA) is 78.9 Å². The van der Waals surface area contributed by atoms with Gasteiger partial charge in [-0.3, -0.25) is 14.5 Å². The van der Waals surface area contributed by atoms with Gasteiger partial charge in [-0.1, -0.05) is 12.8 Å². The molecule has 1 rings (SSSR count). The Morgan fingerprint density at radius 2 is 2.16 bits per heavy atom. The van der Waals surface area contributed by atoms with E-state index in [1.165, 1.54) is 0 Å². The Morgan fingerprint density at radius 3 is 2.84 bits per heavy atom. The Bertz CT molecular complexity index is 296. The van der Waals surface area contributed by atoms with E-state index >= 15 is 0 Å². The monoisotopic (exact) mass is 272 g/mol. The lowest BCUT2D eigenvalue weighted by atomic mass is 10.1. The maximum absolute atomic E-state index is 11.8. The third-order valence-corrected chi connectivity index (χ3v) is 3.34. The van der Waals surface area contributed by atoms with E-state index < -0.39 is 12.0 Å². The second-order valence-corrected chi connectivity index (χ2v) is 4.87. The van der Waals surface area contributed by atoms with Gasteiger partial charge in [-0.05, 0) is 25.8 Å². The molecule has 0 spiro atoms. The van der Waals surface area contributed by atoms with Gasteiger partial charge in [0.2, 0.25) is 5.91 Å². The van der Waals surface area contributed by atoms with E-state index in [9.17, 15) is 14.7 Å². The van der Waals surface area contributed by atoms with Crippen LogP contribution >= 0.6 is 0 Å². The minimum Gasteiger partial charge on any atom is -0.480 e. The highest BCUT2D eigenvalue weighted by molar-refractivity contribution is 5.79. The fourth-order valence-corrected chi connectivity index (χ4v) is 2.32. The molecule has 2 N–H and O–H groups in total. The molecule has 110 valence electrons. The summed E-state index contributed by atoms with van der Waals surface area (Å²) in [6.07, 6.45) is 4.32. The van der Waals surface area contributed by atoms with Crippen LogP contribution in [0.1, 0.15) is 32.1 Å². The van der Waals surface area contributed by atoms with E-state index in [2.05, 4.69) is 5.32 Å². The van der Waals surface area contributed by atoms with Gasteiger partial charge >= 0.3 is 5.97 Å². The zero-order chi connectivity index (χ0) is 14.1. The number of nitrogens with one attached hydrogen (secondary N) is 1. The van der Waals surface area contributed by atoms with E-state index in [1.807, 2.05) is 0 Å². The van der Waals surface area contributed by atoms with Crippen LogP contribution in [0.15, 0.2) is 0 Å². The Balaban J connectivity index is 2.38. The van der Waals surface area contributed by atoms with Crippen molar-refractivity contribution >= 4 is 11.9 Å². The number of carbonyl (C=O) groups excluding carboxylic acids is 1. The Hall–Kier alpha value is -1.14. The van der Waals surface area contributed by atoms with Crippen molar-refractivity contribution < 1.29 is 19.4 Å². The summed E-state index contributed by atoms with van der Waals surface area (Å²) in [5.74, 6) is -0.932. The summed E-state index contributed by atoms with van der Waals surface area (Å²) >= 11 is 0. The predicted octanol–water partition coefficient (Wildman–Crippen LogP) is 0.468. The van der Waals surface area contributed by atoms with Crippen LogP contribution in [0.2, 0.25) is 0 Å². The van der Waals surface area contributed by atoms with Crippen LogP contribution in [0.5, 0.6) is 0 Å². The van der Waals surface area contributed by atoms with Gasteiger partial charge in [0, 0.05) is 20.3 Å². The van der Waals surface area contributed by atoms with E-state index in [4.69, 9.17) is 4.74 Å². The molecule has 0 bridgehead atoms. The lowest BCUT2D eigenvalue weighted by Crippen LogP contribution is -2.46. The van der Waals surface area contributed by atoms with E-state index in [1.54, 1.807) is 12.0 Å². The van der Waals surface area contributed by atoms with E-state index in [0.29, 0.717) is 26.1 Å². The van der Waals surface area contributed by atoms with Crippen LogP contribution in [0, 0.1) is 0 Å². The normalized spacial score (nSPS) is 20.8. The van der Waals surface area contributed by atoms with Crippen LogP contribution in [0.3, 0.4) is 0 Å². The first kappa shape index (κ1) is 15.9. The molecule has 0 radical (unpaired) electrons. The second-order valence-electron chi connectivity index (χ2n) is 4.87. The molecule has 0 aliphatic carbocycles. The number of rotatable bonds is 7. The highest BCUT2D eigenvalue weighted by Crippen LogP contribution is 2.16. The van der Waals surface area contributed by atoms with Gasteiger partial charge in [0.25, 0.3) is 0 Å². The average molecular weight is 272 g/mol. The number of carboxylic acids is 1. The van der Waals surface area contributed by atoms with Gasteiger partial charge in [0.05, 0.1) is 6.54 Å². The maximum Gasteiger partial charge on any atom is 0.320 e. The summed E-state index contributed by atoms with van der Waals surface area (Å²) in [5, 5.41) is 12.0. The number of carboxylic acid groups (broad SMARTS) is 1. The van der Waals surface area contributed by atoms with Crippen LogP contribution in [-0.4, -0.2) is 61.3 Å². The van der Waals surface area contributed by atoms with E-state index in [0.717, 1.165) is 25.7 Å². The number of aliphatic carboxylic acids is 1. The standard InChI is InChI=1S/C13H24N2O4/c1-19-9-5-7-14-12(16)10-15-8-4-2-3-6-11(15)13(17)18/h11H,2-10H2,1H3,(H,14,16)(H,17,18). The molecule has 1 fully saturated rings. The smallest absolute Gasteiger partial charge is 0.320 e. The molecule has 0 aromatic rings. The van der Waals surface area contributed by atoms with Crippen LogP contribution < -0.4 is 5.32 Å². The van der Waals surface area contributed by atoms with Crippen molar-refractivity contribution in [3.63, 3.8) is 0 Å². The predicted molar refractivity (Wildman–Crippen MR) is 71.0 cm³/mol. The van der Waals surface area contributed by atoms with Crippen molar-refractivity contribution in [1.29, 1.82) is 0 Å². The number of hydrogen-bond donors (Lipinski definition) is 2. The van der Waals surface area contributed by atoms with Crippen molar-refractivity contribution in [2.75, 3.05) is 33.4 Å². The molecule has 1 saturated heterocycles. The summed E-state index contributed by atoms with van der Waals surface area (Å²) in [7, 11) is 1.62. The molecule has 1 amide bonds. The van der Waals surface area contributed by atoms with Crippen molar-refractivity contribution in [3.05, 3.63) is 0 Å². The summed E-state index contributed by atoms with van der Waals surface area (Å²) in [5.41, 5.74) is 0. The Morgan fingerprint density at radius 1 is 1.37 bits per heavy atom. The van der Waals surface area contributed by atoms with Gasteiger partial charge in [0.1, 0.15) is 6.04 Å². The highest BCUT2D eigenvalue weighted by Gasteiger charge is 2.28. The summed E-state index contributed by atoms with van der Waals surface area (Å²) < 4.78 is 4.90. The molecule has 0 aromatic heterocycles. The molecule has 1 aliphatic rings. The van der Waals surface area contributed by atoms with Crippen molar-refractivity contribution in [2.24, 2.45) is 0 Å². The molecule has 1 aliphatic heterocycles. The average Bonchev–Trinajstić information content (AvgIpc) is 2.60. The number of methoxy groups -OCH3 is 1. The van der Waals surface area contributed by atoms with Crippen molar-refractivity contribution in [3.8, 4) is 0 Å². The van der Waals surface area contributed by atoms with Crippen LogP contribution in [-0.2, 0) is 14.3 Å². The largest absolute Gasteiger partial charge is 0.480 e. The lowest BCUT2D eigenvalue weighted by Gasteiger charge is -2.25. The maximum atomic E-state index is 11.8. The molecule has 0 aromatic carbocycles. The number of amides is 1. The molecule has 6 heteroatoms. The molecule has 1 unspecified atom stereocenters. The second kappa shape index (κ2) is 8.87. The SMILES string of the molecule is COCCCNC(=O)CN1CCCCCC1C(=O)O. The molecular weight excluding hydrogens is 248 g/mol. The van der Waals surface area contributed by atoms with Gasteiger partial charge in [-0.2, -0.15) is 0 Å². The quantitative estimate of drug-likeness (QED) is 0.659. The lowest BCUT2D eigenvalue weighted by molar-refractivity contribution is -0.144. The number of hydrogen-bond acceptors (Lipinski definition) is 4. The number of likely N-dealkylation sites (tertiary alicyclic amines) is 1. The molecule has 6 nitrogen and oxygen atoms in total.